The first-order chi connectivity index (χ1) is 18.6. The van der Waals surface area contributed by atoms with Gasteiger partial charge in [0.2, 0.25) is 0 Å². The van der Waals surface area contributed by atoms with Gasteiger partial charge >= 0.3 is 5.97 Å². The molecule has 7 heteroatoms. The van der Waals surface area contributed by atoms with Gasteiger partial charge < -0.3 is 25.2 Å². The Morgan fingerprint density at radius 2 is 1.52 bits per heavy atom. The van der Waals surface area contributed by atoms with Crippen LogP contribution in [0.4, 0.5) is 0 Å². The van der Waals surface area contributed by atoms with E-state index in [1.807, 2.05) is 0 Å². The zero-order valence-corrected chi connectivity index (χ0v) is 25.2. The predicted molar refractivity (Wildman–Crippen MR) is 149 cm³/mol. The SMILES string of the molecule is CC1(C)C(=O)CCC2(C)C1CCC1(C)C2CCC2C3CCCC3(CC3OC(C(=O)O)C(O)C(O)C3O)CC[C@]21C. The number of hydrogen-bond donors (Lipinski definition) is 4. The minimum Gasteiger partial charge on any atom is -0.479 e. The maximum absolute atomic E-state index is 13.0. The summed E-state index contributed by atoms with van der Waals surface area (Å²) in [6.07, 6.45) is 5.64. The highest BCUT2D eigenvalue weighted by Gasteiger charge is 2.70. The van der Waals surface area contributed by atoms with Crippen LogP contribution in [0.5, 0.6) is 0 Å². The van der Waals surface area contributed by atoms with Crippen molar-refractivity contribution in [3.8, 4) is 0 Å². The number of aliphatic hydroxyl groups excluding tert-OH is 3. The minimum atomic E-state index is -1.64. The van der Waals surface area contributed by atoms with Crippen LogP contribution in [0.25, 0.3) is 0 Å². The highest BCUT2D eigenvalue weighted by Crippen LogP contribution is 2.77. The van der Waals surface area contributed by atoms with Crippen molar-refractivity contribution in [2.75, 3.05) is 0 Å². The van der Waals surface area contributed by atoms with E-state index in [9.17, 15) is 30.0 Å². The van der Waals surface area contributed by atoms with E-state index in [-0.39, 0.29) is 27.1 Å². The van der Waals surface area contributed by atoms with Gasteiger partial charge in [0, 0.05) is 11.8 Å². The molecule has 0 amide bonds. The molecule has 40 heavy (non-hydrogen) atoms. The molecule has 1 aliphatic heterocycles. The molecule has 0 aromatic heterocycles. The molecule has 13 atom stereocenters. The number of Topliss-reactive ketones (excluding diaryl/α,β-unsaturated/α-hetero) is 1. The number of carboxylic acid groups (broad SMARTS) is 1. The number of ketones is 1. The average Bonchev–Trinajstić information content (AvgIpc) is 3.31. The summed E-state index contributed by atoms with van der Waals surface area (Å²) in [6, 6.07) is 0. The number of carbonyl (C=O) groups is 2. The average molecular weight is 561 g/mol. The first kappa shape index (κ1) is 29.1. The van der Waals surface area contributed by atoms with E-state index in [1.54, 1.807) is 0 Å². The zero-order chi connectivity index (χ0) is 29.0. The number of rotatable bonds is 3. The minimum absolute atomic E-state index is 0.0373. The van der Waals surface area contributed by atoms with E-state index < -0.39 is 36.5 Å². The number of hydrogen-bond acceptors (Lipinski definition) is 6. The Hall–Kier alpha value is -1.02. The Morgan fingerprint density at radius 3 is 2.23 bits per heavy atom. The summed E-state index contributed by atoms with van der Waals surface area (Å²) in [5.41, 5.74) is 0.309. The van der Waals surface area contributed by atoms with Gasteiger partial charge in [-0.15, -0.1) is 0 Å². The van der Waals surface area contributed by atoms with Crippen LogP contribution in [0.1, 0.15) is 112 Å². The van der Waals surface area contributed by atoms with Crippen LogP contribution < -0.4 is 0 Å². The van der Waals surface area contributed by atoms with Gasteiger partial charge in [-0.25, -0.2) is 4.79 Å². The maximum Gasteiger partial charge on any atom is 0.335 e. The first-order valence-corrected chi connectivity index (χ1v) is 16.1. The van der Waals surface area contributed by atoms with Gasteiger partial charge in [0.05, 0.1) is 6.10 Å². The van der Waals surface area contributed by atoms with Crippen LogP contribution in [0.3, 0.4) is 0 Å². The maximum atomic E-state index is 13.0. The number of aliphatic hydroxyl groups is 3. The second-order valence-corrected chi connectivity index (χ2v) is 16.3. The molecular formula is C33H52O7. The molecule has 6 fully saturated rings. The van der Waals surface area contributed by atoms with Crippen molar-refractivity contribution in [1.82, 2.24) is 0 Å². The molecule has 6 aliphatic rings. The normalized spacial score (nSPS) is 55.5. The molecule has 5 saturated carbocycles. The van der Waals surface area contributed by atoms with Crippen LogP contribution in [0.15, 0.2) is 0 Å². The molecule has 4 N–H and O–H groups in total. The summed E-state index contributed by atoms with van der Waals surface area (Å²) < 4.78 is 5.83. The molecule has 0 bridgehead atoms. The molecule has 226 valence electrons. The van der Waals surface area contributed by atoms with Crippen molar-refractivity contribution in [2.45, 2.75) is 142 Å². The lowest BCUT2D eigenvalue weighted by Crippen LogP contribution is -2.66. The van der Waals surface area contributed by atoms with Gasteiger partial charge in [0.1, 0.15) is 24.1 Å². The molecule has 1 heterocycles. The quantitative estimate of drug-likeness (QED) is 0.393. The number of fused-ring (bicyclic) bond motifs is 7. The third-order valence-corrected chi connectivity index (χ3v) is 14.9. The van der Waals surface area contributed by atoms with Crippen LogP contribution in [0, 0.1) is 50.7 Å². The fourth-order valence-corrected chi connectivity index (χ4v) is 12.6. The first-order valence-electron chi connectivity index (χ1n) is 16.1. The van der Waals surface area contributed by atoms with Crippen molar-refractivity contribution in [2.24, 2.45) is 50.7 Å². The van der Waals surface area contributed by atoms with Crippen LogP contribution in [-0.2, 0) is 14.3 Å². The molecule has 6 rings (SSSR count). The number of aliphatic carboxylic acids is 1. The molecule has 7 nitrogen and oxygen atoms in total. The van der Waals surface area contributed by atoms with E-state index in [4.69, 9.17) is 4.74 Å². The molecule has 0 aromatic carbocycles. The zero-order valence-electron chi connectivity index (χ0n) is 25.2. The lowest BCUT2D eigenvalue weighted by Gasteiger charge is -2.72. The molecule has 12 unspecified atom stereocenters. The van der Waals surface area contributed by atoms with Gasteiger partial charge in [-0.3, -0.25) is 4.79 Å². The predicted octanol–water partition coefficient (Wildman–Crippen LogP) is 4.74. The van der Waals surface area contributed by atoms with E-state index in [1.165, 1.54) is 19.3 Å². The molecule has 5 aliphatic carbocycles. The van der Waals surface area contributed by atoms with Crippen LogP contribution in [0.2, 0.25) is 0 Å². The second-order valence-electron chi connectivity index (χ2n) is 16.3. The van der Waals surface area contributed by atoms with Crippen LogP contribution in [-0.4, -0.2) is 62.7 Å². The fourth-order valence-electron chi connectivity index (χ4n) is 12.6. The van der Waals surface area contributed by atoms with E-state index in [0.29, 0.717) is 42.3 Å². The van der Waals surface area contributed by atoms with E-state index >= 15 is 0 Å². The van der Waals surface area contributed by atoms with Gasteiger partial charge in [-0.05, 0) is 110 Å². The number of carboxylic acids is 1. The Kier molecular flexibility index (Phi) is 6.71. The van der Waals surface area contributed by atoms with E-state index in [2.05, 4.69) is 34.6 Å². The summed E-state index contributed by atoms with van der Waals surface area (Å²) in [4.78, 5) is 24.8. The van der Waals surface area contributed by atoms with Gasteiger partial charge in [0.15, 0.2) is 6.10 Å². The Balaban J connectivity index is 1.28. The standard InChI is InChI=1S/C33H52O7/c1-29(2)21-10-14-32(5)22(30(21,3)13-11-23(29)34)9-8-18-19-7-6-12-33(19,16-15-31(18,32)4)17-20-24(35)25(36)26(37)27(40-20)28(38)39/h18-22,24-27,35-37H,6-17H2,1-5H3,(H,38,39)/t18?,19?,20?,21?,22?,24?,25?,26?,27?,30?,31-,32?,33?/m1/s1. The van der Waals surface area contributed by atoms with Gasteiger partial charge in [-0.1, -0.05) is 41.0 Å². The largest absolute Gasteiger partial charge is 0.479 e. The van der Waals surface area contributed by atoms with Gasteiger partial charge in [0.25, 0.3) is 0 Å². The second kappa shape index (κ2) is 9.24. The van der Waals surface area contributed by atoms with Crippen LogP contribution >= 0.6 is 0 Å². The molecule has 0 aromatic rings. The summed E-state index contributed by atoms with van der Waals surface area (Å²) in [6.45, 7) is 12.1. The topological polar surface area (TPSA) is 124 Å². The smallest absolute Gasteiger partial charge is 0.335 e. The number of carbonyl (C=O) groups excluding carboxylic acids is 1. The molecule has 0 radical (unpaired) electrons. The van der Waals surface area contributed by atoms with Crippen molar-refractivity contribution < 1.29 is 34.8 Å². The Labute approximate surface area is 239 Å². The number of ether oxygens (including phenoxy) is 1. The Morgan fingerprint density at radius 1 is 0.800 bits per heavy atom. The molecule has 1 saturated heterocycles. The monoisotopic (exact) mass is 560 g/mol. The lowest BCUT2D eigenvalue weighted by atomic mass is 9.32. The summed E-state index contributed by atoms with van der Waals surface area (Å²) >= 11 is 0. The van der Waals surface area contributed by atoms with Crippen molar-refractivity contribution >= 4 is 11.8 Å². The summed E-state index contributed by atoms with van der Waals surface area (Å²) in [5.74, 6) is 1.25. The van der Waals surface area contributed by atoms with Crippen molar-refractivity contribution in [1.29, 1.82) is 0 Å². The summed E-state index contributed by atoms with van der Waals surface area (Å²) in [7, 11) is 0. The lowest BCUT2D eigenvalue weighted by molar-refractivity contribution is -0.249. The fraction of sp³-hybridized carbons (Fsp3) is 0.939. The molecular weight excluding hydrogens is 508 g/mol. The highest BCUT2D eigenvalue weighted by molar-refractivity contribution is 5.85. The summed E-state index contributed by atoms with van der Waals surface area (Å²) in [5, 5.41) is 41.2. The molecule has 0 spiro atoms. The third kappa shape index (κ3) is 3.68. The van der Waals surface area contributed by atoms with Crippen molar-refractivity contribution in [3.05, 3.63) is 0 Å². The van der Waals surface area contributed by atoms with Crippen molar-refractivity contribution in [3.63, 3.8) is 0 Å². The van der Waals surface area contributed by atoms with E-state index in [0.717, 1.165) is 44.9 Å². The highest BCUT2D eigenvalue weighted by atomic mass is 16.6. The Bertz CT molecular complexity index is 1060. The third-order valence-electron chi connectivity index (χ3n) is 14.9. The van der Waals surface area contributed by atoms with Gasteiger partial charge in [-0.2, -0.15) is 0 Å².